The molecule has 1 aliphatic heterocycles. The number of nitrogens with zero attached hydrogens (tertiary/aromatic N) is 2. The van der Waals surface area contributed by atoms with Gasteiger partial charge in [-0.1, -0.05) is 42.5 Å². The van der Waals surface area contributed by atoms with Crippen LogP contribution in [0.25, 0.3) is 0 Å². The Bertz CT molecular complexity index is 1080. The van der Waals surface area contributed by atoms with Gasteiger partial charge in [-0.2, -0.15) is 9.57 Å². The number of rotatable bonds is 4. The van der Waals surface area contributed by atoms with Crippen molar-refractivity contribution in [3.05, 3.63) is 71.0 Å². The molecule has 4 rings (SSSR count). The molecule has 2 aromatic carbocycles. The molecule has 0 aromatic heterocycles. The number of hydrogen-bond donors (Lipinski definition) is 1. The lowest BCUT2D eigenvalue weighted by Gasteiger charge is -2.40. The van der Waals surface area contributed by atoms with Crippen molar-refractivity contribution in [2.24, 2.45) is 0 Å². The Morgan fingerprint density at radius 1 is 1.20 bits per heavy atom. The van der Waals surface area contributed by atoms with E-state index in [9.17, 15) is 23.2 Å². The lowest BCUT2D eigenvalue weighted by molar-refractivity contribution is 0.0446. The average Bonchev–Trinajstić information content (AvgIpc) is 2.70. The maximum absolute atomic E-state index is 14.9. The fourth-order valence-electron chi connectivity index (χ4n) is 4.63. The molecule has 2 aromatic rings. The Morgan fingerprint density at radius 3 is 2.50 bits per heavy atom. The predicted molar refractivity (Wildman–Crippen MR) is 111 cm³/mol. The minimum Gasteiger partial charge on any atom is -0.393 e. The van der Waals surface area contributed by atoms with Crippen LogP contribution in [-0.2, 0) is 22.0 Å². The van der Waals surface area contributed by atoms with Crippen molar-refractivity contribution in [2.45, 2.75) is 62.0 Å². The number of halogens is 1. The van der Waals surface area contributed by atoms with Crippen LogP contribution in [-0.4, -0.2) is 30.0 Å². The standard InChI is InChI=1S/C23H25FN2O3S/c1-16-7-10-22(17-5-3-2-4-6-17)30(28,29)26(16)14-18-8-9-19(11-21(18)24)23(15-25)12-20(27)13-23/h2-6,8-9,11,16,20,22,27H,7,10,12-14H2,1H3/t16-,20-,22+,23-/m0/s1. The first-order valence-corrected chi connectivity index (χ1v) is 11.7. The third kappa shape index (κ3) is 3.53. The molecule has 2 atom stereocenters. The first-order chi connectivity index (χ1) is 14.3. The Hall–Kier alpha value is -2.27. The number of aliphatic hydroxyl groups excluding tert-OH is 1. The van der Waals surface area contributed by atoms with E-state index in [4.69, 9.17) is 0 Å². The summed E-state index contributed by atoms with van der Waals surface area (Å²) in [6, 6.07) is 15.7. The van der Waals surface area contributed by atoms with Crippen LogP contribution in [0, 0.1) is 17.1 Å². The summed E-state index contributed by atoms with van der Waals surface area (Å²) in [6.45, 7) is 1.81. The van der Waals surface area contributed by atoms with Crippen molar-refractivity contribution in [1.29, 1.82) is 5.26 Å². The summed E-state index contributed by atoms with van der Waals surface area (Å²) in [7, 11) is -3.64. The first-order valence-electron chi connectivity index (χ1n) is 10.2. The van der Waals surface area contributed by atoms with E-state index in [0.29, 0.717) is 31.2 Å². The van der Waals surface area contributed by atoms with Gasteiger partial charge in [0.15, 0.2) is 0 Å². The fraction of sp³-hybridized carbons (Fsp3) is 0.435. The average molecular weight is 429 g/mol. The van der Waals surface area contributed by atoms with Crippen LogP contribution < -0.4 is 0 Å². The summed E-state index contributed by atoms with van der Waals surface area (Å²) in [4.78, 5) is 0. The van der Waals surface area contributed by atoms with Gasteiger partial charge in [0.2, 0.25) is 10.0 Å². The van der Waals surface area contributed by atoms with Gasteiger partial charge in [-0.05, 0) is 49.8 Å². The van der Waals surface area contributed by atoms with E-state index in [1.165, 1.54) is 10.4 Å². The molecule has 1 saturated heterocycles. The lowest BCUT2D eigenvalue weighted by atomic mass is 9.64. The van der Waals surface area contributed by atoms with Gasteiger partial charge in [-0.25, -0.2) is 12.8 Å². The van der Waals surface area contributed by atoms with Crippen LogP contribution in [0.2, 0.25) is 0 Å². The van der Waals surface area contributed by atoms with Crippen molar-refractivity contribution in [3.63, 3.8) is 0 Å². The van der Waals surface area contributed by atoms with Crippen molar-refractivity contribution in [1.82, 2.24) is 4.31 Å². The zero-order chi connectivity index (χ0) is 21.5. The number of aliphatic hydroxyl groups is 1. The monoisotopic (exact) mass is 428 g/mol. The van der Waals surface area contributed by atoms with Gasteiger partial charge in [0.1, 0.15) is 11.1 Å². The quantitative estimate of drug-likeness (QED) is 0.803. The SMILES string of the molecule is C[C@H]1CC[C@H](c2ccccc2)S(=O)(=O)N1Cc1ccc([C@]2(C#N)C[C@@H](O)C2)cc1F. The Kier molecular flexibility index (Phi) is 5.43. The molecule has 30 heavy (non-hydrogen) atoms. The third-order valence-corrected chi connectivity index (χ3v) is 8.88. The molecule has 2 fully saturated rings. The van der Waals surface area contributed by atoms with Crippen LogP contribution in [0.5, 0.6) is 0 Å². The topological polar surface area (TPSA) is 81.4 Å². The summed E-state index contributed by atoms with van der Waals surface area (Å²) in [5.74, 6) is -0.521. The molecule has 1 heterocycles. The zero-order valence-corrected chi connectivity index (χ0v) is 17.6. The number of sulfonamides is 1. The maximum atomic E-state index is 14.9. The van der Waals surface area contributed by atoms with Crippen LogP contribution in [0.3, 0.4) is 0 Å². The molecule has 0 bridgehead atoms. The largest absolute Gasteiger partial charge is 0.393 e. The molecule has 5 nitrogen and oxygen atoms in total. The third-order valence-electron chi connectivity index (χ3n) is 6.51. The number of benzene rings is 2. The molecule has 2 aliphatic rings. The molecule has 0 spiro atoms. The van der Waals surface area contributed by atoms with E-state index in [0.717, 1.165) is 5.56 Å². The second-order valence-corrected chi connectivity index (χ2v) is 10.5. The fourth-order valence-corrected chi connectivity index (χ4v) is 6.82. The maximum Gasteiger partial charge on any atom is 0.221 e. The van der Waals surface area contributed by atoms with Gasteiger partial charge in [0.25, 0.3) is 0 Å². The van der Waals surface area contributed by atoms with Crippen LogP contribution in [0.4, 0.5) is 4.39 Å². The first kappa shape index (κ1) is 21.0. The Morgan fingerprint density at radius 2 is 1.90 bits per heavy atom. The van der Waals surface area contributed by atoms with Crippen molar-refractivity contribution < 1.29 is 17.9 Å². The van der Waals surface area contributed by atoms with Crippen molar-refractivity contribution in [2.75, 3.05) is 0 Å². The molecule has 1 N–H and O–H groups in total. The van der Waals surface area contributed by atoms with Crippen LogP contribution in [0.1, 0.15) is 54.5 Å². The molecule has 0 amide bonds. The Labute approximate surface area is 176 Å². The normalized spacial score (nSPS) is 30.9. The molecular formula is C23H25FN2O3S. The van der Waals surface area contributed by atoms with E-state index in [1.54, 1.807) is 12.1 Å². The molecule has 158 valence electrons. The molecule has 0 unspecified atom stereocenters. The summed E-state index contributed by atoms with van der Waals surface area (Å²) in [5, 5.41) is 18.5. The van der Waals surface area contributed by atoms with Crippen LogP contribution >= 0.6 is 0 Å². The summed E-state index contributed by atoms with van der Waals surface area (Å²) in [6.07, 6.45) is 1.28. The van der Waals surface area contributed by atoms with Gasteiger partial charge >= 0.3 is 0 Å². The van der Waals surface area contributed by atoms with Gasteiger partial charge in [-0.15, -0.1) is 0 Å². The van der Waals surface area contributed by atoms with Gasteiger partial charge in [0, 0.05) is 18.2 Å². The van der Waals surface area contributed by atoms with E-state index in [2.05, 4.69) is 6.07 Å². The highest BCUT2D eigenvalue weighted by Gasteiger charge is 2.46. The highest BCUT2D eigenvalue weighted by molar-refractivity contribution is 7.89. The highest BCUT2D eigenvalue weighted by atomic mass is 32.2. The molecule has 1 aliphatic carbocycles. The van der Waals surface area contributed by atoms with Crippen molar-refractivity contribution in [3.8, 4) is 6.07 Å². The summed E-state index contributed by atoms with van der Waals surface area (Å²) >= 11 is 0. The zero-order valence-electron chi connectivity index (χ0n) is 16.8. The predicted octanol–water partition coefficient (Wildman–Crippen LogP) is 3.80. The number of hydrogen-bond acceptors (Lipinski definition) is 4. The minimum atomic E-state index is -3.64. The lowest BCUT2D eigenvalue weighted by Crippen LogP contribution is -2.45. The molecular weight excluding hydrogens is 403 g/mol. The smallest absolute Gasteiger partial charge is 0.221 e. The second kappa shape index (κ2) is 7.77. The summed E-state index contributed by atoms with van der Waals surface area (Å²) < 4.78 is 43.0. The number of nitriles is 1. The van der Waals surface area contributed by atoms with Crippen LogP contribution in [0.15, 0.2) is 48.5 Å². The highest BCUT2D eigenvalue weighted by Crippen LogP contribution is 2.44. The minimum absolute atomic E-state index is 0.0406. The van der Waals surface area contributed by atoms with Gasteiger partial charge in [0.05, 0.1) is 17.6 Å². The van der Waals surface area contributed by atoms with E-state index >= 15 is 0 Å². The second-order valence-electron chi connectivity index (χ2n) is 8.48. The van der Waals surface area contributed by atoms with E-state index in [-0.39, 0.29) is 18.2 Å². The molecule has 1 saturated carbocycles. The Balaban J connectivity index is 1.61. The molecule has 7 heteroatoms. The molecule has 0 radical (unpaired) electrons. The van der Waals surface area contributed by atoms with E-state index in [1.807, 2.05) is 37.3 Å². The summed E-state index contributed by atoms with van der Waals surface area (Å²) in [5.41, 5.74) is 0.718. The van der Waals surface area contributed by atoms with E-state index < -0.39 is 32.6 Å². The van der Waals surface area contributed by atoms with Gasteiger partial charge < -0.3 is 5.11 Å². The van der Waals surface area contributed by atoms with Crippen molar-refractivity contribution >= 4 is 10.0 Å². The van der Waals surface area contributed by atoms with Gasteiger partial charge in [-0.3, -0.25) is 0 Å².